The molecule has 1 amide bonds. The first-order chi connectivity index (χ1) is 12.8. The zero-order chi connectivity index (χ0) is 19.6. The van der Waals surface area contributed by atoms with Crippen LogP contribution in [0.3, 0.4) is 0 Å². The van der Waals surface area contributed by atoms with Crippen LogP contribution in [-0.2, 0) is 17.1 Å². The maximum Gasteiger partial charge on any atom is 0.281 e. The molecular weight excluding hydrogens is 384 g/mol. The summed E-state index contributed by atoms with van der Waals surface area (Å²) < 4.78 is 28.0. The Hall–Kier alpha value is -1.97. The highest BCUT2D eigenvalue weighted by Gasteiger charge is 2.24. The Morgan fingerprint density at radius 1 is 1.19 bits per heavy atom. The second kappa shape index (κ2) is 7.95. The molecule has 0 atom stereocenters. The van der Waals surface area contributed by atoms with E-state index in [0.717, 1.165) is 35.9 Å². The monoisotopic (exact) mass is 408 g/mol. The minimum Gasteiger partial charge on any atom is -0.371 e. The average Bonchev–Trinajstić information content (AvgIpc) is 3.06. The quantitative estimate of drug-likeness (QED) is 0.776. The number of hydrogen-bond acceptors (Lipinski definition) is 5. The Balaban J connectivity index is 2.12. The van der Waals surface area contributed by atoms with E-state index in [2.05, 4.69) is 9.89 Å². The average molecular weight is 409 g/mol. The van der Waals surface area contributed by atoms with Gasteiger partial charge in [-0.15, -0.1) is 11.3 Å². The van der Waals surface area contributed by atoms with Crippen molar-refractivity contribution in [2.75, 3.05) is 32.1 Å². The van der Waals surface area contributed by atoms with Crippen molar-refractivity contribution in [3.05, 3.63) is 40.1 Å². The van der Waals surface area contributed by atoms with Gasteiger partial charge in [0.15, 0.2) is 4.80 Å². The number of sulfonamides is 1. The molecular formula is C18H24N4O3S2. The van der Waals surface area contributed by atoms with Crippen molar-refractivity contribution in [2.24, 2.45) is 12.0 Å². The summed E-state index contributed by atoms with van der Waals surface area (Å²) in [6.45, 7) is 1.71. The number of nitrogens with zero attached hydrogens (tertiary/aromatic N) is 4. The van der Waals surface area contributed by atoms with Gasteiger partial charge in [0.25, 0.3) is 5.91 Å². The Labute approximate surface area is 163 Å². The van der Waals surface area contributed by atoms with Crippen LogP contribution in [0.25, 0.3) is 0 Å². The number of piperidine rings is 1. The van der Waals surface area contributed by atoms with E-state index < -0.39 is 15.9 Å². The third-order valence-electron chi connectivity index (χ3n) is 4.63. The Kier molecular flexibility index (Phi) is 5.83. The summed E-state index contributed by atoms with van der Waals surface area (Å²) >= 11 is 1.36. The predicted molar refractivity (Wildman–Crippen MR) is 107 cm³/mol. The zero-order valence-electron chi connectivity index (χ0n) is 15.8. The van der Waals surface area contributed by atoms with E-state index in [1.165, 1.54) is 37.9 Å². The molecule has 0 radical (unpaired) electrons. The molecule has 9 heteroatoms. The lowest BCUT2D eigenvalue weighted by Gasteiger charge is -2.30. The van der Waals surface area contributed by atoms with Crippen LogP contribution < -0.4 is 9.70 Å². The number of hydrogen-bond donors (Lipinski definition) is 0. The highest BCUT2D eigenvalue weighted by Crippen LogP contribution is 2.28. The molecule has 0 unspecified atom stereocenters. The number of carbonyl (C=O) groups is 1. The van der Waals surface area contributed by atoms with Crippen LogP contribution in [0.5, 0.6) is 0 Å². The number of rotatable bonds is 4. The Bertz CT molecular complexity index is 1000. The Morgan fingerprint density at radius 3 is 2.48 bits per heavy atom. The van der Waals surface area contributed by atoms with Crippen molar-refractivity contribution >= 4 is 33.0 Å². The molecule has 146 valence electrons. The number of amides is 1. The van der Waals surface area contributed by atoms with Gasteiger partial charge in [0.05, 0.1) is 10.5 Å². The van der Waals surface area contributed by atoms with Crippen molar-refractivity contribution in [3.63, 3.8) is 0 Å². The summed E-state index contributed by atoms with van der Waals surface area (Å²) in [4.78, 5) is 20.0. The fraction of sp³-hybridized carbons (Fsp3) is 0.444. The largest absolute Gasteiger partial charge is 0.371 e. The molecule has 1 saturated heterocycles. The molecule has 0 N–H and O–H groups in total. The normalized spacial score (nSPS) is 16.1. The summed E-state index contributed by atoms with van der Waals surface area (Å²) in [5, 5.41) is 1.85. The number of anilines is 1. The van der Waals surface area contributed by atoms with E-state index in [-0.39, 0.29) is 4.90 Å². The van der Waals surface area contributed by atoms with Gasteiger partial charge < -0.3 is 9.47 Å². The maximum atomic E-state index is 13.0. The third-order valence-corrected chi connectivity index (χ3v) is 7.29. The Morgan fingerprint density at radius 2 is 1.89 bits per heavy atom. The zero-order valence-corrected chi connectivity index (χ0v) is 17.4. The standard InChI is InChI=1S/C18H24N4O3S2/c1-20(2)27(24,25)14-7-8-16(22-9-5-4-6-10-22)15(13-14)17(23)19-18-21(3)11-12-26-18/h7-8,11-13H,4-6,9-10H2,1-3H3. The molecule has 2 aromatic rings. The maximum absolute atomic E-state index is 13.0. The molecule has 2 heterocycles. The molecule has 1 aliphatic heterocycles. The summed E-state index contributed by atoms with van der Waals surface area (Å²) in [5.74, 6) is -0.426. The lowest BCUT2D eigenvalue weighted by Crippen LogP contribution is -2.31. The van der Waals surface area contributed by atoms with Crippen LogP contribution in [-0.4, -0.2) is 50.4 Å². The van der Waals surface area contributed by atoms with Crippen molar-refractivity contribution in [1.29, 1.82) is 0 Å². The van der Waals surface area contributed by atoms with E-state index >= 15 is 0 Å². The van der Waals surface area contributed by atoms with Crippen molar-refractivity contribution < 1.29 is 13.2 Å². The van der Waals surface area contributed by atoms with Gasteiger partial charge in [-0.25, -0.2) is 12.7 Å². The summed E-state index contributed by atoms with van der Waals surface area (Å²) in [6, 6.07) is 4.76. The highest BCUT2D eigenvalue weighted by atomic mass is 32.2. The molecule has 3 rings (SSSR count). The van der Waals surface area contributed by atoms with E-state index in [1.807, 2.05) is 18.6 Å². The van der Waals surface area contributed by atoms with Gasteiger partial charge in [-0.2, -0.15) is 4.99 Å². The first-order valence-electron chi connectivity index (χ1n) is 8.81. The fourth-order valence-electron chi connectivity index (χ4n) is 3.05. The third kappa shape index (κ3) is 4.15. The van der Waals surface area contributed by atoms with Gasteiger partial charge >= 0.3 is 0 Å². The first kappa shape index (κ1) is 19.8. The summed E-state index contributed by atoms with van der Waals surface area (Å²) in [7, 11) is 1.14. The fourth-order valence-corrected chi connectivity index (χ4v) is 4.71. The summed E-state index contributed by atoms with van der Waals surface area (Å²) in [5.41, 5.74) is 1.08. The molecule has 7 nitrogen and oxygen atoms in total. The van der Waals surface area contributed by atoms with Crippen molar-refractivity contribution in [2.45, 2.75) is 24.2 Å². The number of carbonyl (C=O) groups excluding carboxylic acids is 1. The van der Waals surface area contributed by atoms with Crippen molar-refractivity contribution in [1.82, 2.24) is 8.87 Å². The number of thiazole rings is 1. The molecule has 1 aromatic carbocycles. The van der Waals surface area contributed by atoms with Gasteiger partial charge in [0.1, 0.15) is 0 Å². The molecule has 0 aliphatic carbocycles. The number of benzene rings is 1. The number of aryl methyl sites for hydroxylation is 1. The topological polar surface area (TPSA) is 75.0 Å². The lowest BCUT2D eigenvalue weighted by molar-refractivity contribution is 0.0998. The van der Waals surface area contributed by atoms with E-state index in [9.17, 15) is 13.2 Å². The molecule has 27 heavy (non-hydrogen) atoms. The smallest absolute Gasteiger partial charge is 0.281 e. The lowest BCUT2D eigenvalue weighted by atomic mass is 10.1. The van der Waals surface area contributed by atoms with Crippen molar-refractivity contribution in [3.8, 4) is 0 Å². The molecule has 1 fully saturated rings. The minimum absolute atomic E-state index is 0.0994. The van der Waals surface area contributed by atoms with E-state index in [0.29, 0.717) is 10.4 Å². The second-order valence-electron chi connectivity index (χ2n) is 6.73. The van der Waals surface area contributed by atoms with Crippen LogP contribution in [0.2, 0.25) is 0 Å². The minimum atomic E-state index is -3.63. The van der Waals surface area contributed by atoms with Crippen LogP contribution >= 0.6 is 11.3 Å². The molecule has 1 aliphatic rings. The predicted octanol–water partition coefficient (Wildman–Crippen LogP) is 2.07. The van der Waals surface area contributed by atoms with Gasteiger partial charge in [0.2, 0.25) is 10.0 Å². The van der Waals surface area contributed by atoms with Gasteiger partial charge in [-0.3, -0.25) is 4.79 Å². The molecule has 0 bridgehead atoms. The van der Waals surface area contributed by atoms with Crippen LogP contribution in [0, 0.1) is 0 Å². The van der Waals surface area contributed by atoms with Crippen LogP contribution in [0.15, 0.2) is 39.7 Å². The molecule has 0 saturated carbocycles. The highest BCUT2D eigenvalue weighted by molar-refractivity contribution is 7.89. The number of aromatic nitrogens is 1. The molecule has 1 aromatic heterocycles. The van der Waals surface area contributed by atoms with Crippen LogP contribution in [0.4, 0.5) is 5.69 Å². The van der Waals surface area contributed by atoms with Crippen LogP contribution in [0.1, 0.15) is 29.6 Å². The summed E-state index contributed by atoms with van der Waals surface area (Å²) in [6.07, 6.45) is 5.11. The SMILES string of the molecule is CN(C)S(=O)(=O)c1ccc(N2CCCCC2)c(C(=O)N=c2sccn2C)c1. The first-order valence-corrected chi connectivity index (χ1v) is 11.1. The second-order valence-corrected chi connectivity index (χ2v) is 9.75. The van der Waals surface area contributed by atoms with E-state index in [4.69, 9.17) is 0 Å². The van der Waals surface area contributed by atoms with Gasteiger partial charge in [-0.1, -0.05) is 0 Å². The van der Waals surface area contributed by atoms with E-state index in [1.54, 1.807) is 16.7 Å². The van der Waals surface area contributed by atoms with Gasteiger partial charge in [-0.05, 0) is 37.5 Å². The molecule has 0 spiro atoms. The van der Waals surface area contributed by atoms with Gasteiger partial charge in [0, 0.05) is 51.5 Å².